The van der Waals surface area contributed by atoms with Crippen LogP contribution in [-0.4, -0.2) is 50.0 Å². The van der Waals surface area contributed by atoms with Crippen molar-refractivity contribution in [3.63, 3.8) is 0 Å². The van der Waals surface area contributed by atoms with Crippen molar-refractivity contribution in [1.29, 1.82) is 0 Å². The summed E-state index contributed by atoms with van der Waals surface area (Å²) in [5, 5.41) is 3.24. The van der Waals surface area contributed by atoms with Crippen LogP contribution in [0.5, 0.6) is 5.75 Å². The van der Waals surface area contributed by atoms with Gasteiger partial charge in [-0.15, -0.1) is 0 Å². The lowest BCUT2D eigenvalue weighted by atomic mass is 10.1. The summed E-state index contributed by atoms with van der Waals surface area (Å²) in [6, 6.07) is 7.17. The van der Waals surface area contributed by atoms with Gasteiger partial charge in [0.2, 0.25) is 0 Å². The van der Waals surface area contributed by atoms with Gasteiger partial charge in [0.1, 0.15) is 5.75 Å². The number of ether oxygens (including phenoxy) is 1. The fraction of sp³-hybridized carbons (Fsp3) is 0.562. The Kier molecular flexibility index (Phi) is 6.68. The summed E-state index contributed by atoms with van der Waals surface area (Å²) in [6.45, 7) is 7.58. The quantitative estimate of drug-likeness (QED) is 0.740. The van der Waals surface area contributed by atoms with Gasteiger partial charge in [-0.1, -0.05) is 0 Å². The molecule has 0 heterocycles. The summed E-state index contributed by atoms with van der Waals surface area (Å²) < 4.78 is 5.57. The van der Waals surface area contributed by atoms with Gasteiger partial charge in [-0.25, -0.2) is 0 Å². The fourth-order valence-electron chi connectivity index (χ4n) is 1.82. The summed E-state index contributed by atoms with van der Waals surface area (Å²) in [4.78, 5) is 14.3. The number of hydrogen-bond acceptors (Lipinski definition) is 4. The zero-order valence-corrected chi connectivity index (χ0v) is 13.1. The van der Waals surface area contributed by atoms with Gasteiger partial charge in [-0.3, -0.25) is 4.79 Å². The van der Waals surface area contributed by atoms with Gasteiger partial charge in [-0.05, 0) is 59.1 Å². The molecule has 0 aromatic heterocycles. The Hall–Kier alpha value is -1.39. The van der Waals surface area contributed by atoms with Crippen LogP contribution in [-0.2, 0) is 0 Å². The maximum Gasteiger partial charge on any atom is 0.179 e. The van der Waals surface area contributed by atoms with E-state index in [1.807, 2.05) is 59.1 Å². The molecule has 0 radical (unpaired) electrons. The molecule has 0 aliphatic carbocycles. The van der Waals surface area contributed by atoms with Crippen molar-refractivity contribution < 1.29 is 9.53 Å². The predicted molar refractivity (Wildman–Crippen MR) is 82.6 cm³/mol. The summed E-state index contributed by atoms with van der Waals surface area (Å²) in [7, 11) is 4.03. The van der Waals surface area contributed by atoms with E-state index >= 15 is 0 Å². The average molecular weight is 278 g/mol. The van der Waals surface area contributed by atoms with Gasteiger partial charge in [0.25, 0.3) is 0 Å². The number of likely N-dealkylation sites (N-methyl/N-ethyl adjacent to an activating group) is 1. The van der Waals surface area contributed by atoms with E-state index in [4.69, 9.17) is 4.74 Å². The molecule has 4 nitrogen and oxygen atoms in total. The van der Waals surface area contributed by atoms with Crippen LogP contribution in [0.2, 0.25) is 0 Å². The monoisotopic (exact) mass is 278 g/mol. The number of nitrogens with one attached hydrogen (secondary N) is 1. The van der Waals surface area contributed by atoms with Crippen LogP contribution in [0.15, 0.2) is 24.3 Å². The maximum absolute atomic E-state index is 12.2. The van der Waals surface area contributed by atoms with E-state index < -0.39 is 0 Å². The Bertz CT molecular complexity index is 413. The van der Waals surface area contributed by atoms with Crippen molar-refractivity contribution in [3.05, 3.63) is 29.8 Å². The lowest BCUT2D eigenvalue weighted by Crippen LogP contribution is -2.38. The Morgan fingerprint density at radius 2 is 1.80 bits per heavy atom. The van der Waals surface area contributed by atoms with E-state index in [0.717, 1.165) is 18.8 Å². The second-order valence-electron chi connectivity index (χ2n) is 5.53. The van der Waals surface area contributed by atoms with Crippen molar-refractivity contribution in [3.8, 4) is 5.75 Å². The molecular formula is C16H26N2O2. The average Bonchev–Trinajstić information content (AvgIpc) is 2.37. The molecule has 1 rings (SSSR count). The van der Waals surface area contributed by atoms with Crippen molar-refractivity contribution in [2.75, 3.05) is 27.2 Å². The van der Waals surface area contributed by atoms with Gasteiger partial charge in [0, 0.05) is 18.7 Å². The first-order valence-corrected chi connectivity index (χ1v) is 7.09. The molecule has 1 N–H and O–H groups in total. The highest BCUT2D eigenvalue weighted by Gasteiger charge is 2.14. The van der Waals surface area contributed by atoms with Crippen LogP contribution in [0.4, 0.5) is 0 Å². The molecule has 1 atom stereocenters. The highest BCUT2D eigenvalue weighted by molar-refractivity contribution is 5.99. The lowest BCUT2D eigenvalue weighted by Gasteiger charge is -2.16. The summed E-state index contributed by atoms with van der Waals surface area (Å²) in [5.41, 5.74) is 0.714. The molecule has 1 aromatic carbocycles. The van der Waals surface area contributed by atoms with E-state index in [-0.39, 0.29) is 17.9 Å². The molecule has 1 unspecified atom stereocenters. The number of nitrogens with zero attached hydrogens (tertiary/aromatic N) is 1. The van der Waals surface area contributed by atoms with Crippen molar-refractivity contribution >= 4 is 5.78 Å². The molecule has 0 saturated heterocycles. The third kappa shape index (κ3) is 5.72. The molecule has 0 saturated carbocycles. The Morgan fingerprint density at radius 3 is 2.30 bits per heavy atom. The Labute approximate surface area is 122 Å². The number of Topliss-reactive ketones (excluding diaryl/α,β-unsaturated/α-hetero) is 1. The molecule has 0 aliphatic heterocycles. The zero-order chi connectivity index (χ0) is 15.1. The number of rotatable bonds is 8. The second kappa shape index (κ2) is 8.02. The maximum atomic E-state index is 12.2. The minimum Gasteiger partial charge on any atom is -0.491 e. The van der Waals surface area contributed by atoms with Crippen LogP contribution >= 0.6 is 0 Å². The topological polar surface area (TPSA) is 41.6 Å². The van der Waals surface area contributed by atoms with E-state index in [2.05, 4.69) is 10.2 Å². The minimum absolute atomic E-state index is 0.111. The first-order chi connectivity index (χ1) is 9.40. The third-order valence-electron chi connectivity index (χ3n) is 2.91. The molecule has 0 bridgehead atoms. The first-order valence-electron chi connectivity index (χ1n) is 7.09. The van der Waals surface area contributed by atoms with E-state index in [1.54, 1.807) is 0 Å². The number of ketones is 1. The zero-order valence-electron chi connectivity index (χ0n) is 13.1. The standard InChI is InChI=1S/C16H26N2O2/c1-12(2)20-15-8-6-14(7-9-15)16(19)13(3)17-10-11-18(4)5/h6-9,12-13,17H,10-11H2,1-5H3. The number of benzene rings is 1. The predicted octanol–water partition coefficient (Wildman–Crippen LogP) is 2.20. The molecule has 20 heavy (non-hydrogen) atoms. The van der Waals surface area contributed by atoms with Crippen LogP contribution < -0.4 is 10.1 Å². The van der Waals surface area contributed by atoms with Crippen LogP contribution in [0, 0.1) is 0 Å². The van der Waals surface area contributed by atoms with Gasteiger partial charge in [0.05, 0.1) is 12.1 Å². The van der Waals surface area contributed by atoms with E-state index in [1.165, 1.54) is 0 Å². The van der Waals surface area contributed by atoms with Gasteiger partial charge < -0.3 is 15.0 Å². The number of carbonyl (C=O) groups is 1. The summed E-state index contributed by atoms with van der Waals surface area (Å²) >= 11 is 0. The molecule has 1 aromatic rings. The molecular weight excluding hydrogens is 252 g/mol. The van der Waals surface area contributed by atoms with Crippen molar-refractivity contribution in [1.82, 2.24) is 10.2 Å². The van der Waals surface area contributed by atoms with E-state index in [9.17, 15) is 4.79 Å². The number of hydrogen-bond donors (Lipinski definition) is 1. The fourth-order valence-corrected chi connectivity index (χ4v) is 1.82. The lowest BCUT2D eigenvalue weighted by molar-refractivity contribution is 0.0950. The normalized spacial score (nSPS) is 12.8. The summed E-state index contributed by atoms with van der Waals surface area (Å²) in [6.07, 6.45) is 0.142. The highest BCUT2D eigenvalue weighted by Crippen LogP contribution is 2.15. The first kappa shape index (κ1) is 16.7. The second-order valence-corrected chi connectivity index (χ2v) is 5.53. The van der Waals surface area contributed by atoms with Gasteiger partial charge in [-0.2, -0.15) is 0 Å². The van der Waals surface area contributed by atoms with Crippen LogP contribution in [0.25, 0.3) is 0 Å². The van der Waals surface area contributed by atoms with Gasteiger partial charge in [0.15, 0.2) is 5.78 Å². The SMILES string of the molecule is CC(C)Oc1ccc(C(=O)C(C)NCCN(C)C)cc1. The number of carbonyl (C=O) groups excluding carboxylic acids is 1. The molecule has 0 fully saturated rings. The Balaban J connectivity index is 2.54. The van der Waals surface area contributed by atoms with Crippen molar-refractivity contribution in [2.24, 2.45) is 0 Å². The third-order valence-corrected chi connectivity index (χ3v) is 2.91. The largest absolute Gasteiger partial charge is 0.491 e. The van der Waals surface area contributed by atoms with Crippen LogP contribution in [0.1, 0.15) is 31.1 Å². The minimum atomic E-state index is -0.174. The van der Waals surface area contributed by atoms with Crippen LogP contribution in [0.3, 0.4) is 0 Å². The van der Waals surface area contributed by atoms with E-state index in [0.29, 0.717) is 5.56 Å². The molecule has 0 aliphatic rings. The highest BCUT2D eigenvalue weighted by atomic mass is 16.5. The van der Waals surface area contributed by atoms with Crippen molar-refractivity contribution in [2.45, 2.75) is 32.9 Å². The summed E-state index contributed by atoms with van der Waals surface area (Å²) in [5.74, 6) is 0.907. The molecule has 0 spiro atoms. The molecule has 0 amide bonds. The molecule has 4 heteroatoms. The molecule has 112 valence electrons. The Morgan fingerprint density at radius 1 is 1.20 bits per heavy atom. The van der Waals surface area contributed by atoms with Gasteiger partial charge >= 0.3 is 0 Å². The smallest absolute Gasteiger partial charge is 0.179 e.